The Balaban J connectivity index is 1.45. The molecule has 2 aromatic rings. The van der Waals surface area contributed by atoms with Gasteiger partial charge in [-0.3, -0.25) is 4.79 Å². The number of aromatic nitrogens is 4. The molecule has 2 fully saturated rings. The van der Waals surface area contributed by atoms with Gasteiger partial charge in [-0.1, -0.05) is 6.42 Å². The number of hydrogen-bond acceptors (Lipinski definition) is 4. The van der Waals surface area contributed by atoms with E-state index in [0.29, 0.717) is 11.7 Å². The standard InChI is InChI=1S/C15H19N5O/c1-9-4-5-16-15-18-13(19-20(9)15)14(21)17-8-12-7-10-2-3-11(12)6-10/h4-5,10-12H,2-3,6-8H2,1H3,(H,17,21)/t10-,11-,12+/m0/s1. The van der Waals surface area contributed by atoms with Crippen molar-refractivity contribution in [2.45, 2.75) is 32.6 Å². The predicted molar refractivity (Wildman–Crippen MR) is 76.8 cm³/mol. The van der Waals surface area contributed by atoms with Gasteiger partial charge < -0.3 is 5.32 Å². The number of hydrogen-bond donors (Lipinski definition) is 1. The van der Waals surface area contributed by atoms with Crippen molar-refractivity contribution in [3.05, 3.63) is 23.8 Å². The van der Waals surface area contributed by atoms with Crippen molar-refractivity contribution in [1.29, 1.82) is 0 Å². The van der Waals surface area contributed by atoms with Crippen LogP contribution in [-0.2, 0) is 0 Å². The average molecular weight is 285 g/mol. The minimum Gasteiger partial charge on any atom is -0.349 e. The summed E-state index contributed by atoms with van der Waals surface area (Å²) in [5.74, 6) is 2.85. The van der Waals surface area contributed by atoms with Crippen LogP contribution < -0.4 is 5.32 Å². The lowest BCUT2D eigenvalue weighted by atomic mass is 9.89. The van der Waals surface area contributed by atoms with Gasteiger partial charge in [0.15, 0.2) is 0 Å². The lowest BCUT2D eigenvalue weighted by Gasteiger charge is -2.21. The lowest BCUT2D eigenvalue weighted by Crippen LogP contribution is -2.32. The van der Waals surface area contributed by atoms with Gasteiger partial charge in [-0.2, -0.15) is 4.98 Å². The number of fused-ring (bicyclic) bond motifs is 3. The van der Waals surface area contributed by atoms with Crippen LogP contribution in [0.15, 0.2) is 12.3 Å². The van der Waals surface area contributed by atoms with Gasteiger partial charge in [-0.15, -0.1) is 5.10 Å². The maximum atomic E-state index is 12.2. The van der Waals surface area contributed by atoms with Crippen LogP contribution in [0, 0.1) is 24.7 Å². The Hall–Kier alpha value is -1.98. The quantitative estimate of drug-likeness (QED) is 0.929. The molecule has 2 aliphatic rings. The summed E-state index contributed by atoms with van der Waals surface area (Å²) in [6.07, 6.45) is 7.02. The lowest BCUT2D eigenvalue weighted by molar-refractivity contribution is 0.0931. The molecule has 2 saturated carbocycles. The number of nitrogens with zero attached hydrogens (tertiary/aromatic N) is 4. The smallest absolute Gasteiger partial charge is 0.291 e. The van der Waals surface area contributed by atoms with E-state index in [1.807, 2.05) is 13.0 Å². The second-order valence-corrected chi connectivity index (χ2v) is 6.38. The zero-order valence-corrected chi connectivity index (χ0v) is 12.1. The van der Waals surface area contributed by atoms with E-state index in [2.05, 4.69) is 20.4 Å². The van der Waals surface area contributed by atoms with E-state index in [0.717, 1.165) is 24.1 Å². The summed E-state index contributed by atoms with van der Waals surface area (Å²) in [6, 6.07) is 1.85. The second kappa shape index (κ2) is 4.79. The summed E-state index contributed by atoms with van der Waals surface area (Å²) in [5.41, 5.74) is 0.916. The summed E-state index contributed by atoms with van der Waals surface area (Å²) in [6.45, 7) is 2.67. The molecule has 0 saturated heterocycles. The van der Waals surface area contributed by atoms with Crippen molar-refractivity contribution in [2.24, 2.45) is 17.8 Å². The molecule has 0 unspecified atom stereocenters. The number of carbonyl (C=O) groups is 1. The molecule has 1 N–H and O–H groups in total. The summed E-state index contributed by atoms with van der Waals surface area (Å²) in [5, 5.41) is 7.24. The monoisotopic (exact) mass is 285 g/mol. The second-order valence-electron chi connectivity index (χ2n) is 6.38. The number of nitrogens with one attached hydrogen (secondary N) is 1. The number of amides is 1. The molecule has 6 nitrogen and oxygen atoms in total. The zero-order chi connectivity index (χ0) is 14.4. The van der Waals surface area contributed by atoms with Gasteiger partial charge in [0.25, 0.3) is 11.7 Å². The van der Waals surface area contributed by atoms with E-state index in [-0.39, 0.29) is 11.7 Å². The highest BCUT2D eigenvalue weighted by Crippen LogP contribution is 2.47. The van der Waals surface area contributed by atoms with Gasteiger partial charge in [-0.25, -0.2) is 9.50 Å². The van der Waals surface area contributed by atoms with Gasteiger partial charge in [0.05, 0.1) is 0 Å². The molecule has 1 amide bonds. The third-order valence-electron chi connectivity index (χ3n) is 5.04. The van der Waals surface area contributed by atoms with Gasteiger partial charge in [-0.05, 0) is 50.0 Å². The highest BCUT2D eigenvalue weighted by Gasteiger charge is 2.39. The fraction of sp³-hybridized carbons (Fsp3) is 0.600. The summed E-state index contributed by atoms with van der Waals surface area (Å²) < 4.78 is 1.60. The largest absolute Gasteiger partial charge is 0.349 e. The summed E-state index contributed by atoms with van der Waals surface area (Å²) in [4.78, 5) is 20.5. The first-order valence-electron chi connectivity index (χ1n) is 7.67. The summed E-state index contributed by atoms with van der Waals surface area (Å²) >= 11 is 0. The molecule has 2 bridgehead atoms. The van der Waals surface area contributed by atoms with Crippen molar-refractivity contribution >= 4 is 11.7 Å². The minimum absolute atomic E-state index is 0.192. The molecule has 3 atom stereocenters. The maximum Gasteiger partial charge on any atom is 0.291 e. The molecule has 110 valence electrons. The van der Waals surface area contributed by atoms with Crippen molar-refractivity contribution in [2.75, 3.05) is 6.54 Å². The van der Waals surface area contributed by atoms with Crippen LogP contribution in [-0.4, -0.2) is 32.0 Å². The van der Waals surface area contributed by atoms with E-state index >= 15 is 0 Å². The molecule has 0 spiro atoms. The Labute approximate surface area is 123 Å². The fourth-order valence-electron chi connectivity index (χ4n) is 3.93. The first kappa shape index (κ1) is 12.7. The van der Waals surface area contributed by atoms with Crippen LogP contribution in [0.3, 0.4) is 0 Å². The van der Waals surface area contributed by atoms with E-state index < -0.39 is 0 Å². The Morgan fingerprint density at radius 3 is 3.05 bits per heavy atom. The van der Waals surface area contributed by atoms with E-state index in [9.17, 15) is 4.79 Å². The maximum absolute atomic E-state index is 12.2. The zero-order valence-electron chi connectivity index (χ0n) is 12.1. The van der Waals surface area contributed by atoms with Crippen LogP contribution in [0.5, 0.6) is 0 Å². The van der Waals surface area contributed by atoms with Crippen LogP contribution >= 0.6 is 0 Å². The molecule has 2 heterocycles. The van der Waals surface area contributed by atoms with E-state index in [1.165, 1.54) is 25.7 Å². The van der Waals surface area contributed by atoms with Crippen LogP contribution in [0.2, 0.25) is 0 Å². The van der Waals surface area contributed by atoms with Crippen LogP contribution in [0.1, 0.15) is 42.0 Å². The van der Waals surface area contributed by atoms with Gasteiger partial charge in [0, 0.05) is 18.4 Å². The van der Waals surface area contributed by atoms with Crippen LogP contribution in [0.25, 0.3) is 5.78 Å². The van der Waals surface area contributed by atoms with Crippen LogP contribution in [0.4, 0.5) is 0 Å². The molecule has 21 heavy (non-hydrogen) atoms. The topological polar surface area (TPSA) is 72.2 Å². The Kier molecular flexibility index (Phi) is 2.90. The minimum atomic E-state index is -0.192. The molecular weight excluding hydrogens is 266 g/mol. The normalized spacial score (nSPS) is 27.4. The van der Waals surface area contributed by atoms with Gasteiger partial charge in [0.1, 0.15) is 0 Å². The number of aryl methyl sites for hydroxylation is 1. The third kappa shape index (κ3) is 2.18. The fourth-order valence-corrected chi connectivity index (χ4v) is 3.93. The first-order chi connectivity index (χ1) is 10.2. The Morgan fingerprint density at radius 1 is 1.43 bits per heavy atom. The van der Waals surface area contributed by atoms with Gasteiger partial charge in [0.2, 0.25) is 5.82 Å². The van der Waals surface area contributed by atoms with Crippen molar-refractivity contribution in [3.63, 3.8) is 0 Å². The molecule has 0 aromatic carbocycles. The van der Waals surface area contributed by atoms with Crippen molar-refractivity contribution in [3.8, 4) is 0 Å². The molecule has 4 rings (SSSR count). The molecule has 6 heteroatoms. The average Bonchev–Trinajstić information content (AvgIpc) is 3.19. The van der Waals surface area contributed by atoms with E-state index in [4.69, 9.17) is 0 Å². The Bertz CT molecular complexity index is 694. The number of rotatable bonds is 3. The number of carbonyl (C=O) groups excluding carboxylic acids is 1. The molecule has 2 aliphatic carbocycles. The highest BCUT2D eigenvalue weighted by molar-refractivity contribution is 5.90. The Morgan fingerprint density at radius 2 is 2.33 bits per heavy atom. The van der Waals surface area contributed by atoms with Crippen molar-refractivity contribution < 1.29 is 4.79 Å². The molecule has 2 aromatic heterocycles. The third-order valence-corrected chi connectivity index (χ3v) is 5.04. The predicted octanol–water partition coefficient (Wildman–Crippen LogP) is 1.60. The van der Waals surface area contributed by atoms with E-state index in [1.54, 1.807) is 10.7 Å². The summed E-state index contributed by atoms with van der Waals surface area (Å²) in [7, 11) is 0. The van der Waals surface area contributed by atoms with Gasteiger partial charge >= 0.3 is 0 Å². The molecular formula is C15H19N5O. The molecule has 0 radical (unpaired) electrons. The first-order valence-corrected chi connectivity index (χ1v) is 7.67. The SMILES string of the molecule is Cc1ccnc2nc(C(=O)NC[C@H]3C[C@H]4CC[C@H]3C4)nn12. The highest BCUT2D eigenvalue weighted by atomic mass is 16.2. The van der Waals surface area contributed by atoms with Crippen molar-refractivity contribution in [1.82, 2.24) is 24.9 Å². The molecule has 0 aliphatic heterocycles.